The Balaban J connectivity index is 4.23. The molecule has 0 bridgehead atoms. The molecule has 0 heterocycles. The quantitative estimate of drug-likeness (QED) is 0.661. The van der Waals surface area contributed by atoms with E-state index in [-0.39, 0.29) is 0 Å². The van der Waals surface area contributed by atoms with E-state index >= 15 is 0 Å². The maximum absolute atomic E-state index is 12.0. The third kappa shape index (κ3) is 4.80. The Morgan fingerprint density at radius 3 is 2.21 bits per heavy atom. The molecular formula is C8H20NO3PS. The van der Waals surface area contributed by atoms with Gasteiger partial charge in [0.15, 0.2) is 0 Å². The predicted octanol–water partition coefficient (Wildman–Crippen LogP) is 2.29. The molecule has 0 rings (SSSR count). The van der Waals surface area contributed by atoms with Crippen LogP contribution in [-0.4, -0.2) is 31.0 Å². The Hall–Kier alpha value is 0.460. The van der Waals surface area contributed by atoms with Crippen molar-refractivity contribution in [1.29, 1.82) is 0 Å². The first-order valence-corrected chi connectivity index (χ1v) is 7.74. The van der Waals surface area contributed by atoms with E-state index in [9.17, 15) is 4.57 Å². The van der Waals surface area contributed by atoms with Crippen molar-refractivity contribution in [2.45, 2.75) is 26.1 Å². The highest BCUT2D eigenvalue weighted by atomic mass is 32.2. The second kappa shape index (κ2) is 7.71. The van der Waals surface area contributed by atoms with E-state index in [0.29, 0.717) is 19.6 Å². The van der Waals surface area contributed by atoms with E-state index in [2.05, 4.69) is 0 Å². The average molecular weight is 241 g/mol. The van der Waals surface area contributed by atoms with Gasteiger partial charge in [0, 0.05) is 0 Å². The molecule has 0 aromatic heterocycles. The summed E-state index contributed by atoms with van der Waals surface area (Å²) in [5.41, 5.74) is 5.78. The summed E-state index contributed by atoms with van der Waals surface area (Å²) >= 11 is 1.67. The monoisotopic (exact) mass is 241 g/mol. The molecule has 0 aliphatic carbocycles. The topological polar surface area (TPSA) is 61.5 Å². The number of nitrogens with two attached hydrogens (primary N) is 1. The summed E-state index contributed by atoms with van der Waals surface area (Å²) in [5, 5.41) is 0. The Kier molecular flexibility index (Phi) is 7.97. The van der Waals surface area contributed by atoms with E-state index in [1.54, 1.807) is 25.6 Å². The van der Waals surface area contributed by atoms with E-state index in [4.69, 9.17) is 14.8 Å². The van der Waals surface area contributed by atoms with Crippen LogP contribution in [0.25, 0.3) is 0 Å². The van der Waals surface area contributed by atoms with Gasteiger partial charge in [0.05, 0.1) is 13.2 Å². The van der Waals surface area contributed by atoms with Gasteiger partial charge < -0.3 is 14.8 Å². The van der Waals surface area contributed by atoms with Crippen LogP contribution in [0.1, 0.15) is 20.3 Å². The van der Waals surface area contributed by atoms with Gasteiger partial charge in [-0.15, -0.1) is 0 Å². The molecule has 14 heavy (non-hydrogen) atoms. The summed E-state index contributed by atoms with van der Waals surface area (Å²) < 4.78 is 22.3. The zero-order chi connectivity index (χ0) is 11.0. The van der Waals surface area contributed by atoms with E-state index in [1.165, 1.54) is 0 Å². The SMILES string of the molecule is CCOP(=O)(OCC)[C@@H](N)CCSC. The molecule has 0 aliphatic rings. The van der Waals surface area contributed by atoms with Crippen molar-refractivity contribution in [2.24, 2.45) is 5.73 Å². The molecule has 1 atom stereocenters. The van der Waals surface area contributed by atoms with Crippen LogP contribution in [0.3, 0.4) is 0 Å². The third-order valence-electron chi connectivity index (χ3n) is 1.64. The largest absolute Gasteiger partial charge is 0.347 e. The lowest BCUT2D eigenvalue weighted by molar-refractivity contribution is 0.211. The van der Waals surface area contributed by atoms with E-state index in [1.807, 2.05) is 6.26 Å². The highest BCUT2D eigenvalue weighted by molar-refractivity contribution is 7.98. The molecule has 0 unspecified atom stereocenters. The lowest BCUT2D eigenvalue weighted by Gasteiger charge is -2.22. The van der Waals surface area contributed by atoms with Gasteiger partial charge in [-0.1, -0.05) is 0 Å². The van der Waals surface area contributed by atoms with Crippen LogP contribution in [-0.2, 0) is 13.6 Å². The highest BCUT2D eigenvalue weighted by Crippen LogP contribution is 2.52. The molecule has 0 aromatic rings. The van der Waals surface area contributed by atoms with Crippen molar-refractivity contribution in [3.8, 4) is 0 Å². The van der Waals surface area contributed by atoms with Gasteiger partial charge in [-0.25, -0.2) is 0 Å². The highest BCUT2D eigenvalue weighted by Gasteiger charge is 2.31. The van der Waals surface area contributed by atoms with E-state index in [0.717, 1.165) is 5.75 Å². The number of rotatable bonds is 8. The summed E-state index contributed by atoms with van der Waals surface area (Å²) in [7, 11) is -3.08. The Morgan fingerprint density at radius 1 is 1.36 bits per heavy atom. The van der Waals surface area contributed by atoms with Gasteiger partial charge in [0.25, 0.3) is 0 Å². The predicted molar refractivity (Wildman–Crippen MR) is 61.8 cm³/mol. The summed E-state index contributed by atoms with van der Waals surface area (Å²) in [6.45, 7) is 4.30. The van der Waals surface area contributed by atoms with Crippen molar-refractivity contribution >= 4 is 19.4 Å². The van der Waals surface area contributed by atoms with Crippen molar-refractivity contribution < 1.29 is 13.6 Å². The first kappa shape index (κ1) is 14.5. The fourth-order valence-corrected chi connectivity index (χ4v) is 3.27. The first-order chi connectivity index (χ1) is 6.60. The Morgan fingerprint density at radius 2 is 1.86 bits per heavy atom. The van der Waals surface area contributed by atoms with Crippen LogP contribution >= 0.6 is 19.4 Å². The third-order valence-corrected chi connectivity index (χ3v) is 4.59. The van der Waals surface area contributed by atoms with Gasteiger partial charge in [-0.05, 0) is 32.3 Å². The molecular weight excluding hydrogens is 221 g/mol. The fourth-order valence-electron chi connectivity index (χ4n) is 0.985. The standard InChI is InChI=1S/C8H20NO3PS/c1-4-11-13(10,12-5-2)8(9)6-7-14-3/h8H,4-7,9H2,1-3H3/t8-/m1/s1. The minimum Gasteiger partial charge on any atom is -0.318 e. The first-order valence-electron chi connectivity index (χ1n) is 4.74. The number of hydrogen-bond acceptors (Lipinski definition) is 5. The molecule has 6 heteroatoms. The molecule has 0 amide bonds. The van der Waals surface area contributed by atoms with Crippen LogP contribution in [0.4, 0.5) is 0 Å². The summed E-state index contributed by atoms with van der Waals surface area (Å²) in [6.07, 6.45) is 2.64. The normalized spacial score (nSPS) is 14.3. The van der Waals surface area contributed by atoms with Crippen molar-refractivity contribution in [3.05, 3.63) is 0 Å². The lowest BCUT2D eigenvalue weighted by atomic mass is 10.5. The lowest BCUT2D eigenvalue weighted by Crippen LogP contribution is -2.23. The summed E-state index contributed by atoms with van der Waals surface area (Å²) in [4.78, 5) is 0. The van der Waals surface area contributed by atoms with Crippen molar-refractivity contribution in [2.75, 3.05) is 25.2 Å². The van der Waals surface area contributed by atoms with Crippen LogP contribution in [0, 0.1) is 0 Å². The van der Waals surface area contributed by atoms with Gasteiger partial charge >= 0.3 is 7.60 Å². The Bertz CT molecular complexity index is 181. The van der Waals surface area contributed by atoms with Crippen molar-refractivity contribution in [3.63, 3.8) is 0 Å². The van der Waals surface area contributed by atoms with Crippen LogP contribution in [0.2, 0.25) is 0 Å². The number of thioether (sulfide) groups is 1. The minimum absolute atomic E-state index is 0.365. The molecule has 0 aromatic carbocycles. The zero-order valence-electron chi connectivity index (χ0n) is 9.06. The molecule has 0 saturated carbocycles. The van der Waals surface area contributed by atoms with Gasteiger partial charge in [0.1, 0.15) is 5.78 Å². The molecule has 0 fully saturated rings. The van der Waals surface area contributed by atoms with Crippen LogP contribution in [0.15, 0.2) is 0 Å². The maximum Gasteiger partial charge on any atom is 0.347 e. The maximum atomic E-state index is 12.0. The smallest absolute Gasteiger partial charge is 0.318 e. The zero-order valence-corrected chi connectivity index (χ0v) is 10.8. The van der Waals surface area contributed by atoms with Gasteiger partial charge in [-0.2, -0.15) is 11.8 Å². The Labute approximate surface area is 90.4 Å². The van der Waals surface area contributed by atoms with Crippen molar-refractivity contribution in [1.82, 2.24) is 0 Å². The molecule has 0 saturated heterocycles. The summed E-state index contributed by atoms with van der Waals surface area (Å²) in [5.74, 6) is 0.362. The van der Waals surface area contributed by atoms with Crippen LogP contribution < -0.4 is 5.73 Å². The van der Waals surface area contributed by atoms with Crippen LogP contribution in [0.5, 0.6) is 0 Å². The number of hydrogen-bond donors (Lipinski definition) is 1. The van der Waals surface area contributed by atoms with Gasteiger partial charge in [0.2, 0.25) is 0 Å². The second-order valence-corrected chi connectivity index (χ2v) is 5.97. The fraction of sp³-hybridized carbons (Fsp3) is 1.00. The van der Waals surface area contributed by atoms with E-state index < -0.39 is 13.4 Å². The average Bonchev–Trinajstić information content (AvgIpc) is 2.15. The molecule has 2 N–H and O–H groups in total. The summed E-state index contributed by atoms with van der Waals surface area (Å²) in [6, 6.07) is 0. The molecule has 4 nitrogen and oxygen atoms in total. The second-order valence-electron chi connectivity index (χ2n) is 2.72. The molecule has 0 spiro atoms. The minimum atomic E-state index is -3.08. The molecule has 0 aliphatic heterocycles. The molecule has 86 valence electrons. The van der Waals surface area contributed by atoms with Gasteiger partial charge in [-0.3, -0.25) is 4.57 Å². The molecule has 0 radical (unpaired) electrons.